The molecule has 0 aliphatic carbocycles. The van der Waals surface area contributed by atoms with Crippen LogP contribution in [0.2, 0.25) is 0 Å². The summed E-state index contributed by atoms with van der Waals surface area (Å²) >= 11 is 0. The summed E-state index contributed by atoms with van der Waals surface area (Å²) in [6.07, 6.45) is 0. The lowest BCUT2D eigenvalue weighted by Gasteiger charge is -2.14. The lowest BCUT2D eigenvalue weighted by molar-refractivity contribution is -0.384. The van der Waals surface area contributed by atoms with Crippen molar-refractivity contribution in [2.24, 2.45) is 5.73 Å². The molecule has 8 heteroatoms. The van der Waals surface area contributed by atoms with Crippen molar-refractivity contribution in [1.29, 1.82) is 0 Å². The zero-order valence-corrected chi connectivity index (χ0v) is 11.6. The van der Waals surface area contributed by atoms with E-state index in [1.54, 1.807) is 12.1 Å². The van der Waals surface area contributed by atoms with E-state index < -0.39 is 28.3 Å². The molecular weight excluding hydrogens is 302 g/mol. The maximum Gasteiger partial charge on any atom is 0.293 e. The number of amides is 3. The summed E-state index contributed by atoms with van der Waals surface area (Å²) in [4.78, 5) is 47.3. The van der Waals surface area contributed by atoms with Gasteiger partial charge >= 0.3 is 0 Å². The van der Waals surface area contributed by atoms with Crippen LogP contribution < -0.4 is 10.6 Å². The van der Waals surface area contributed by atoms with Gasteiger partial charge in [0.25, 0.3) is 17.5 Å². The van der Waals surface area contributed by atoms with E-state index in [1.165, 1.54) is 18.2 Å². The van der Waals surface area contributed by atoms with Crippen molar-refractivity contribution in [3.63, 3.8) is 0 Å². The number of fused-ring (bicyclic) bond motifs is 1. The van der Waals surface area contributed by atoms with Gasteiger partial charge in [0.05, 0.1) is 16.1 Å². The Morgan fingerprint density at radius 2 is 1.61 bits per heavy atom. The third-order valence-corrected chi connectivity index (χ3v) is 3.49. The molecule has 2 aromatic rings. The monoisotopic (exact) mass is 311 g/mol. The fourth-order valence-corrected chi connectivity index (χ4v) is 2.42. The molecule has 3 rings (SSSR count). The van der Waals surface area contributed by atoms with Gasteiger partial charge in [-0.15, -0.1) is 0 Å². The van der Waals surface area contributed by atoms with Gasteiger partial charge in [-0.05, 0) is 24.3 Å². The molecule has 0 unspecified atom stereocenters. The maximum atomic E-state index is 12.4. The van der Waals surface area contributed by atoms with E-state index >= 15 is 0 Å². The molecule has 0 spiro atoms. The number of nitrogens with zero attached hydrogens (tertiary/aromatic N) is 2. The average Bonchev–Trinajstić information content (AvgIpc) is 2.78. The number of rotatable bonds is 3. The fraction of sp³-hybridized carbons (Fsp3) is 0. The van der Waals surface area contributed by atoms with Crippen molar-refractivity contribution >= 4 is 29.1 Å². The highest BCUT2D eigenvalue weighted by molar-refractivity contribution is 6.35. The Hall–Kier alpha value is -3.55. The molecule has 0 fully saturated rings. The zero-order chi connectivity index (χ0) is 16.7. The van der Waals surface area contributed by atoms with E-state index in [-0.39, 0.29) is 22.4 Å². The Labute approximate surface area is 129 Å². The molecule has 0 saturated heterocycles. The third kappa shape index (κ3) is 2.13. The third-order valence-electron chi connectivity index (χ3n) is 3.49. The summed E-state index contributed by atoms with van der Waals surface area (Å²) in [5.41, 5.74) is 4.67. The Balaban J connectivity index is 2.21. The normalized spacial score (nSPS) is 13.1. The van der Waals surface area contributed by atoms with E-state index in [9.17, 15) is 24.5 Å². The number of anilines is 1. The van der Waals surface area contributed by atoms with E-state index in [4.69, 9.17) is 5.73 Å². The minimum Gasteiger partial charge on any atom is -0.366 e. The SMILES string of the molecule is NC(=O)c1ccc([N+](=O)[O-])c(N2C(=O)c3ccccc3C2=O)c1. The summed E-state index contributed by atoms with van der Waals surface area (Å²) in [5.74, 6) is -2.19. The molecule has 8 nitrogen and oxygen atoms in total. The van der Waals surface area contributed by atoms with Gasteiger partial charge in [-0.2, -0.15) is 0 Å². The van der Waals surface area contributed by atoms with Crippen LogP contribution in [-0.4, -0.2) is 22.6 Å². The summed E-state index contributed by atoms with van der Waals surface area (Å²) in [6.45, 7) is 0. The van der Waals surface area contributed by atoms with E-state index in [0.717, 1.165) is 12.1 Å². The van der Waals surface area contributed by atoms with Gasteiger partial charge < -0.3 is 5.73 Å². The second-order valence-corrected chi connectivity index (χ2v) is 4.82. The minimum atomic E-state index is -0.822. The highest BCUT2D eigenvalue weighted by Crippen LogP contribution is 2.35. The van der Waals surface area contributed by atoms with E-state index in [0.29, 0.717) is 4.90 Å². The Morgan fingerprint density at radius 3 is 2.09 bits per heavy atom. The highest BCUT2D eigenvalue weighted by atomic mass is 16.6. The molecule has 23 heavy (non-hydrogen) atoms. The molecule has 1 heterocycles. The van der Waals surface area contributed by atoms with E-state index in [2.05, 4.69) is 0 Å². The minimum absolute atomic E-state index is 0.0397. The molecular formula is C15H9N3O5. The van der Waals surface area contributed by atoms with Gasteiger partial charge in [0.1, 0.15) is 5.69 Å². The van der Waals surface area contributed by atoms with Crippen molar-refractivity contribution in [3.8, 4) is 0 Å². The number of nitro groups is 1. The van der Waals surface area contributed by atoms with Crippen molar-refractivity contribution in [1.82, 2.24) is 0 Å². The van der Waals surface area contributed by atoms with Gasteiger partial charge in [-0.3, -0.25) is 24.5 Å². The van der Waals surface area contributed by atoms with Crippen LogP contribution in [0.25, 0.3) is 0 Å². The van der Waals surface area contributed by atoms with Gasteiger partial charge in [0, 0.05) is 11.6 Å². The number of benzene rings is 2. The van der Waals surface area contributed by atoms with Crippen molar-refractivity contribution < 1.29 is 19.3 Å². The van der Waals surface area contributed by atoms with E-state index in [1.807, 2.05) is 0 Å². The van der Waals surface area contributed by atoms with Crippen LogP contribution in [0.3, 0.4) is 0 Å². The largest absolute Gasteiger partial charge is 0.366 e. The van der Waals surface area contributed by atoms with Gasteiger partial charge in [0.2, 0.25) is 5.91 Å². The topological polar surface area (TPSA) is 124 Å². The zero-order valence-electron chi connectivity index (χ0n) is 11.6. The second-order valence-electron chi connectivity index (χ2n) is 4.82. The first-order chi connectivity index (χ1) is 10.9. The molecule has 1 aliphatic heterocycles. The van der Waals surface area contributed by atoms with Crippen LogP contribution in [0.4, 0.5) is 11.4 Å². The molecule has 114 valence electrons. The lowest BCUT2D eigenvalue weighted by atomic mass is 10.1. The van der Waals surface area contributed by atoms with Crippen LogP contribution in [0.5, 0.6) is 0 Å². The number of hydrogen-bond donors (Lipinski definition) is 1. The lowest BCUT2D eigenvalue weighted by Crippen LogP contribution is -2.30. The Bertz CT molecular complexity index is 855. The molecule has 2 aromatic carbocycles. The summed E-state index contributed by atoms with van der Waals surface area (Å²) in [5, 5.41) is 11.2. The number of nitrogens with two attached hydrogens (primary N) is 1. The Morgan fingerprint density at radius 1 is 1.04 bits per heavy atom. The van der Waals surface area contributed by atoms with Gasteiger partial charge in [-0.1, -0.05) is 12.1 Å². The molecule has 2 N–H and O–H groups in total. The number of nitro benzene ring substituents is 1. The van der Waals surface area contributed by atoms with Crippen molar-refractivity contribution in [2.45, 2.75) is 0 Å². The second kappa shape index (κ2) is 5.02. The smallest absolute Gasteiger partial charge is 0.293 e. The van der Waals surface area contributed by atoms with Crippen LogP contribution in [0, 0.1) is 10.1 Å². The summed E-state index contributed by atoms with van der Waals surface area (Å²) in [7, 11) is 0. The van der Waals surface area contributed by atoms with Crippen molar-refractivity contribution in [3.05, 3.63) is 69.3 Å². The Kier molecular flexibility index (Phi) is 3.14. The van der Waals surface area contributed by atoms with Crippen LogP contribution in [-0.2, 0) is 0 Å². The molecule has 0 saturated carbocycles. The molecule has 0 bridgehead atoms. The predicted octanol–water partition coefficient (Wildman–Crippen LogP) is 1.49. The number of primary amides is 1. The molecule has 0 radical (unpaired) electrons. The molecule has 3 amide bonds. The first-order valence-electron chi connectivity index (χ1n) is 6.48. The van der Waals surface area contributed by atoms with Crippen LogP contribution >= 0.6 is 0 Å². The fourth-order valence-electron chi connectivity index (χ4n) is 2.42. The highest BCUT2D eigenvalue weighted by Gasteiger charge is 2.39. The molecule has 0 aromatic heterocycles. The van der Waals surface area contributed by atoms with Gasteiger partial charge in [0.15, 0.2) is 0 Å². The maximum absolute atomic E-state index is 12.4. The number of hydrogen-bond acceptors (Lipinski definition) is 5. The first kappa shape index (κ1) is 14.4. The summed E-state index contributed by atoms with van der Waals surface area (Å²) < 4.78 is 0. The van der Waals surface area contributed by atoms with Crippen molar-refractivity contribution in [2.75, 3.05) is 4.90 Å². The van der Waals surface area contributed by atoms with Crippen LogP contribution in [0.1, 0.15) is 31.1 Å². The quantitative estimate of drug-likeness (QED) is 0.522. The molecule has 1 aliphatic rings. The average molecular weight is 311 g/mol. The standard InChI is InChI=1S/C15H9N3O5/c16-13(19)8-5-6-11(18(22)23)12(7-8)17-14(20)9-3-1-2-4-10(9)15(17)21/h1-7H,(H2,16,19). The number of carbonyl (C=O) groups is 3. The number of carbonyl (C=O) groups excluding carboxylic acids is 3. The molecule has 0 atom stereocenters. The number of imide groups is 1. The summed E-state index contributed by atoms with van der Waals surface area (Å²) in [6, 6.07) is 9.37. The predicted molar refractivity (Wildman–Crippen MR) is 79.2 cm³/mol. The first-order valence-corrected chi connectivity index (χ1v) is 6.48. The van der Waals surface area contributed by atoms with Gasteiger partial charge in [-0.25, -0.2) is 4.90 Å². The van der Waals surface area contributed by atoms with Crippen LogP contribution in [0.15, 0.2) is 42.5 Å².